The molecule has 6 heteroatoms. The van der Waals surface area contributed by atoms with Crippen LogP contribution >= 0.6 is 11.8 Å². The van der Waals surface area contributed by atoms with Gasteiger partial charge < -0.3 is 10.4 Å². The minimum absolute atomic E-state index is 0.223. The number of nitrogens with one attached hydrogen (secondary N) is 1. The molecule has 2 N–H and O–H groups in total. The van der Waals surface area contributed by atoms with Gasteiger partial charge in [0.2, 0.25) is 0 Å². The smallest absolute Gasteiger partial charge is 0.126 e. The van der Waals surface area contributed by atoms with Crippen LogP contribution in [0.3, 0.4) is 0 Å². The van der Waals surface area contributed by atoms with E-state index in [1.165, 1.54) is 16.8 Å². The zero-order valence-electron chi connectivity index (χ0n) is 12.8. The van der Waals surface area contributed by atoms with Gasteiger partial charge >= 0.3 is 0 Å². The fourth-order valence-corrected chi connectivity index (χ4v) is 2.86. The largest absolute Gasteiger partial charge is 0.396 e. The maximum atomic E-state index is 8.81. The summed E-state index contributed by atoms with van der Waals surface area (Å²) in [6.45, 7) is 5.05. The normalized spacial score (nSPS) is 10.9. The predicted octanol–water partition coefficient (Wildman–Crippen LogP) is 2.27. The molecule has 2 rings (SSSR count). The number of nitrogens with zero attached hydrogens (tertiary/aromatic N) is 3. The summed E-state index contributed by atoms with van der Waals surface area (Å²) in [5.74, 6) is 2.53. The van der Waals surface area contributed by atoms with E-state index in [0.717, 1.165) is 29.6 Å². The maximum Gasteiger partial charge on any atom is 0.126 e. The van der Waals surface area contributed by atoms with Crippen LogP contribution in [-0.2, 0) is 19.3 Å². The summed E-state index contributed by atoms with van der Waals surface area (Å²) in [6.07, 6.45) is 1.82. The molecular weight excluding hydrogens is 284 g/mol. The number of aliphatic hydroxyl groups excluding tert-OH is 1. The summed E-state index contributed by atoms with van der Waals surface area (Å²) < 4.78 is 1.90. The highest BCUT2D eigenvalue weighted by Crippen LogP contribution is 2.17. The second-order valence-electron chi connectivity index (χ2n) is 4.95. The van der Waals surface area contributed by atoms with Gasteiger partial charge in [-0.15, -0.1) is 0 Å². The Balaban J connectivity index is 1.98. The van der Waals surface area contributed by atoms with Gasteiger partial charge in [-0.05, 0) is 31.5 Å². The molecule has 0 aromatic carbocycles. The van der Waals surface area contributed by atoms with Gasteiger partial charge in [-0.3, -0.25) is 4.68 Å². The summed E-state index contributed by atoms with van der Waals surface area (Å²) in [4.78, 5) is 4.35. The second-order valence-corrected chi connectivity index (χ2v) is 6.06. The summed E-state index contributed by atoms with van der Waals surface area (Å²) in [6, 6.07) is 4.07. The van der Waals surface area contributed by atoms with E-state index < -0.39 is 0 Å². The summed E-state index contributed by atoms with van der Waals surface area (Å²) in [5, 5.41) is 16.6. The van der Waals surface area contributed by atoms with E-state index in [1.807, 2.05) is 30.9 Å². The lowest BCUT2D eigenvalue weighted by molar-refractivity contribution is 0.322. The van der Waals surface area contributed by atoms with Gasteiger partial charge in [-0.1, -0.05) is 0 Å². The van der Waals surface area contributed by atoms with Gasteiger partial charge in [-0.25, -0.2) is 4.98 Å². The molecule has 0 aliphatic heterocycles. The maximum absolute atomic E-state index is 8.81. The van der Waals surface area contributed by atoms with E-state index in [-0.39, 0.29) is 6.61 Å². The van der Waals surface area contributed by atoms with E-state index in [9.17, 15) is 0 Å². The van der Waals surface area contributed by atoms with Crippen molar-refractivity contribution in [2.45, 2.75) is 26.1 Å². The molecule has 2 aromatic heterocycles. The highest BCUT2D eigenvalue weighted by atomic mass is 32.2. The van der Waals surface area contributed by atoms with Crippen molar-refractivity contribution in [3.63, 3.8) is 0 Å². The van der Waals surface area contributed by atoms with Gasteiger partial charge in [0.05, 0.1) is 12.3 Å². The fourth-order valence-electron chi connectivity index (χ4n) is 2.17. The van der Waals surface area contributed by atoms with Gasteiger partial charge in [-0.2, -0.15) is 16.9 Å². The van der Waals surface area contributed by atoms with Crippen molar-refractivity contribution >= 4 is 17.6 Å². The Labute approximate surface area is 129 Å². The first kappa shape index (κ1) is 15.9. The van der Waals surface area contributed by atoms with Crippen molar-refractivity contribution in [1.29, 1.82) is 0 Å². The van der Waals surface area contributed by atoms with Crippen LogP contribution in [0, 0.1) is 13.8 Å². The van der Waals surface area contributed by atoms with Gasteiger partial charge in [0.15, 0.2) is 0 Å². The van der Waals surface area contributed by atoms with Crippen LogP contribution in [0.2, 0.25) is 0 Å². The van der Waals surface area contributed by atoms with Crippen LogP contribution in [0.5, 0.6) is 0 Å². The molecule has 0 aliphatic rings. The molecule has 5 nitrogen and oxygen atoms in total. The SMILES string of the molecule is Cc1nn(C)c(C)c1CNc1cc(CSCCO)ccn1. The number of aromatic nitrogens is 3. The van der Waals surface area contributed by atoms with E-state index in [0.29, 0.717) is 0 Å². The number of aryl methyl sites for hydroxylation is 2. The molecule has 0 spiro atoms. The van der Waals surface area contributed by atoms with Crippen molar-refractivity contribution in [1.82, 2.24) is 14.8 Å². The van der Waals surface area contributed by atoms with Crippen molar-refractivity contribution in [2.24, 2.45) is 7.05 Å². The average Bonchev–Trinajstić information content (AvgIpc) is 2.71. The summed E-state index contributed by atoms with van der Waals surface area (Å²) in [5.41, 5.74) is 4.66. The number of hydrogen-bond acceptors (Lipinski definition) is 5. The van der Waals surface area contributed by atoms with Crippen molar-refractivity contribution in [3.05, 3.63) is 40.8 Å². The number of hydrogen-bond donors (Lipinski definition) is 2. The lowest BCUT2D eigenvalue weighted by Gasteiger charge is -2.08. The third kappa shape index (κ3) is 4.22. The summed E-state index contributed by atoms with van der Waals surface area (Å²) >= 11 is 1.72. The number of thioether (sulfide) groups is 1. The van der Waals surface area contributed by atoms with Crippen LogP contribution < -0.4 is 5.32 Å². The molecule has 21 heavy (non-hydrogen) atoms. The molecule has 0 bridgehead atoms. The lowest BCUT2D eigenvalue weighted by Crippen LogP contribution is -2.04. The Hall–Kier alpha value is -1.53. The Morgan fingerprint density at radius 1 is 1.38 bits per heavy atom. The molecule has 0 fully saturated rings. The van der Waals surface area contributed by atoms with Crippen molar-refractivity contribution in [3.8, 4) is 0 Å². The van der Waals surface area contributed by atoms with Crippen molar-refractivity contribution < 1.29 is 5.11 Å². The van der Waals surface area contributed by atoms with Gasteiger partial charge in [0, 0.05) is 42.6 Å². The zero-order chi connectivity index (χ0) is 15.2. The summed E-state index contributed by atoms with van der Waals surface area (Å²) in [7, 11) is 1.96. The average molecular weight is 306 g/mol. The van der Waals surface area contributed by atoms with Crippen molar-refractivity contribution in [2.75, 3.05) is 17.7 Å². The molecule has 0 amide bonds. The number of rotatable bonds is 7. The molecule has 0 saturated carbocycles. The number of pyridine rings is 1. The standard InChI is InChI=1S/C15H22N4OS/c1-11-14(12(2)19(3)18-11)9-17-15-8-13(4-5-16-15)10-21-7-6-20/h4-5,8,20H,6-7,9-10H2,1-3H3,(H,16,17). The third-order valence-corrected chi connectivity index (χ3v) is 4.44. The first-order valence-corrected chi connectivity index (χ1v) is 8.13. The quantitative estimate of drug-likeness (QED) is 0.768. The topological polar surface area (TPSA) is 63.0 Å². The molecule has 0 saturated heterocycles. The molecule has 0 aliphatic carbocycles. The molecule has 2 aromatic rings. The third-order valence-electron chi connectivity index (χ3n) is 3.43. The highest BCUT2D eigenvalue weighted by Gasteiger charge is 2.09. The minimum atomic E-state index is 0.223. The van der Waals surface area contributed by atoms with Crippen LogP contribution in [0.25, 0.3) is 0 Å². The first-order chi connectivity index (χ1) is 10.1. The molecule has 114 valence electrons. The Morgan fingerprint density at radius 2 is 2.19 bits per heavy atom. The monoisotopic (exact) mass is 306 g/mol. The molecule has 0 atom stereocenters. The molecule has 0 unspecified atom stereocenters. The Kier molecular flexibility index (Phi) is 5.64. The number of aliphatic hydroxyl groups is 1. The van der Waals surface area contributed by atoms with Crippen LogP contribution in [0.4, 0.5) is 5.82 Å². The number of anilines is 1. The van der Waals surface area contributed by atoms with E-state index in [1.54, 1.807) is 11.8 Å². The Morgan fingerprint density at radius 3 is 2.86 bits per heavy atom. The van der Waals surface area contributed by atoms with E-state index in [2.05, 4.69) is 28.4 Å². The molecular formula is C15H22N4OS. The fraction of sp³-hybridized carbons (Fsp3) is 0.467. The minimum Gasteiger partial charge on any atom is -0.396 e. The van der Waals surface area contributed by atoms with E-state index in [4.69, 9.17) is 5.11 Å². The van der Waals surface area contributed by atoms with Crippen LogP contribution in [-0.4, -0.2) is 32.2 Å². The first-order valence-electron chi connectivity index (χ1n) is 6.98. The van der Waals surface area contributed by atoms with E-state index >= 15 is 0 Å². The van der Waals surface area contributed by atoms with Gasteiger partial charge in [0.25, 0.3) is 0 Å². The van der Waals surface area contributed by atoms with Crippen LogP contribution in [0.15, 0.2) is 18.3 Å². The van der Waals surface area contributed by atoms with Gasteiger partial charge in [0.1, 0.15) is 5.82 Å². The highest BCUT2D eigenvalue weighted by molar-refractivity contribution is 7.98. The predicted molar refractivity (Wildman–Crippen MR) is 87.5 cm³/mol. The molecule has 2 heterocycles. The second kappa shape index (κ2) is 7.47. The van der Waals surface area contributed by atoms with Crippen LogP contribution in [0.1, 0.15) is 22.5 Å². The zero-order valence-corrected chi connectivity index (χ0v) is 13.6. The molecule has 0 radical (unpaired) electrons. The Bertz CT molecular complexity index is 597. The lowest BCUT2D eigenvalue weighted by atomic mass is 10.2.